The van der Waals surface area contributed by atoms with Gasteiger partial charge in [-0.2, -0.15) is 0 Å². The zero-order valence-corrected chi connectivity index (χ0v) is 13.1. The van der Waals surface area contributed by atoms with Crippen LogP contribution in [0.25, 0.3) is 0 Å². The number of nitrogens with zero attached hydrogens (tertiary/aromatic N) is 1. The third-order valence-corrected chi connectivity index (χ3v) is 4.03. The van der Waals surface area contributed by atoms with Crippen LogP contribution >= 0.6 is 0 Å². The van der Waals surface area contributed by atoms with Gasteiger partial charge in [-0.25, -0.2) is 0 Å². The summed E-state index contributed by atoms with van der Waals surface area (Å²) in [7, 11) is 2.11. The maximum Gasteiger partial charge on any atom is 0.224 e. The van der Waals surface area contributed by atoms with E-state index >= 15 is 0 Å². The quantitative estimate of drug-likeness (QED) is 0.753. The Bertz CT molecular complexity index is 443. The van der Waals surface area contributed by atoms with E-state index in [0.29, 0.717) is 17.8 Å². The second-order valence-electron chi connectivity index (χ2n) is 5.83. The van der Waals surface area contributed by atoms with Crippen molar-refractivity contribution in [3.8, 4) is 0 Å². The molecule has 0 fully saturated rings. The predicted molar refractivity (Wildman–Crippen MR) is 85.7 cm³/mol. The molecule has 1 aromatic rings. The SMILES string of the molecule is CCC(C)(C)N(C)CCCC(=O)Nc1ccccc1N. The first-order valence-corrected chi connectivity index (χ1v) is 7.22. The van der Waals surface area contributed by atoms with Crippen molar-refractivity contribution in [2.24, 2.45) is 0 Å². The van der Waals surface area contributed by atoms with Crippen molar-refractivity contribution in [1.82, 2.24) is 4.90 Å². The lowest BCUT2D eigenvalue weighted by atomic mass is 10.00. The first-order chi connectivity index (χ1) is 9.36. The number of carbonyl (C=O) groups excluding carboxylic acids is 1. The Labute approximate surface area is 122 Å². The van der Waals surface area contributed by atoms with Gasteiger partial charge in [0.05, 0.1) is 11.4 Å². The van der Waals surface area contributed by atoms with Crippen LogP contribution in [0.15, 0.2) is 24.3 Å². The van der Waals surface area contributed by atoms with Crippen molar-refractivity contribution >= 4 is 17.3 Å². The monoisotopic (exact) mass is 277 g/mol. The topological polar surface area (TPSA) is 58.4 Å². The zero-order valence-electron chi connectivity index (χ0n) is 13.1. The number of rotatable bonds is 7. The summed E-state index contributed by atoms with van der Waals surface area (Å²) < 4.78 is 0. The van der Waals surface area contributed by atoms with Crippen LogP contribution in [0, 0.1) is 0 Å². The van der Waals surface area contributed by atoms with Crippen LogP contribution in [0.2, 0.25) is 0 Å². The minimum atomic E-state index is 0.0191. The molecule has 1 aromatic carbocycles. The molecule has 0 unspecified atom stereocenters. The molecular formula is C16H27N3O. The summed E-state index contributed by atoms with van der Waals surface area (Å²) in [6.45, 7) is 7.54. The molecule has 0 saturated carbocycles. The predicted octanol–water partition coefficient (Wildman–Crippen LogP) is 3.11. The van der Waals surface area contributed by atoms with Crippen molar-refractivity contribution in [2.45, 2.75) is 45.6 Å². The molecule has 4 nitrogen and oxygen atoms in total. The van der Waals surface area contributed by atoms with Crippen molar-refractivity contribution in [3.63, 3.8) is 0 Å². The standard InChI is InChI=1S/C16H27N3O/c1-5-16(2,3)19(4)12-8-11-15(20)18-14-10-7-6-9-13(14)17/h6-7,9-10H,5,8,11-12,17H2,1-4H3,(H,18,20). The van der Waals surface area contributed by atoms with E-state index in [1.165, 1.54) is 0 Å². The maximum atomic E-state index is 11.9. The minimum absolute atomic E-state index is 0.0191. The molecule has 0 aromatic heterocycles. The van der Waals surface area contributed by atoms with Crippen molar-refractivity contribution in [2.75, 3.05) is 24.6 Å². The van der Waals surface area contributed by atoms with E-state index in [1.807, 2.05) is 18.2 Å². The molecule has 0 saturated heterocycles. The van der Waals surface area contributed by atoms with Gasteiger partial charge >= 0.3 is 0 Å². The third kappa shape index (κ3) is 4.85. The molecule has 0 aliphatic rings. The molecule has 0 aliphatic heterocycles. The van der Waals surface area contributed by atoms with E-state index in [0.717, 1.165) is 19.4 Å². The number of nitrogens with two attached hydrogens (primary N) is 1. The lowest BCUT2D eigenvalue weighted by Crippen LogP contribution is -2.41. The normalized spacial score (nSPS) is 11.7. The number of anilines is 2. The van der Waals surface area contributed by atoms with Crippen LogP contribution in [0.5, 0.6) is 0 Å². The van der Waals surface area contributed by atoms with Gasteiger partial charge in [-0.3, -0.25) is 4.79 Å². The fraction of sp³-hybridized carbons (Fsp3) is 0.562. The highest BCUT2D eigenvalue weighted by atomic mass is 16.1. The molecule has 112 valence electrons. The summed E-state index contributed by atoms with van der Waals surface area (Å²) in [5, 5.41) is 2.85. The number of hydrogen-bond acceptors (Lipinski definition) is 3. The molecule has 4 heteroatoms. The molecule has 20 heavy (non-hydrogen) atoms. The van der Waals surface area contributed by atoms with Gasteiger partial charge in [0.15, 0.2) is 0 Å². The number of benzene rings is 1. The molecule has 1 amide bonds. The van der Waals surface area contributed by atoms with Crippen molar-refractivity contribution in [3.05, 3.63) is 24.3 Å². The fourth-order valence-electron chi connectivity index (χ4n) is 1.87. The highest BCUT2D eigenvalue weighted by Crippen LogP contribution is 2.18. The summed E-state index contributed by atoms with van der Waals surface area (Å²) in [6.07, 6.45) is 2.45. The number of hydrogen-bond donors (Lipinski definition) is 2. The van der Waals surface area contributed by atoms with Gasteiger partial charge in [-0.15, -0.1) is 0 Å². The summed E-state index contributed by atoms with van der Waals surface area (Å²) >= 11 is 0. The van der Waals surface area contributed by atoms with Gasteiger partial charge in [0.1, 0.15) is 0 Å². The van der Waals surface area contributed by atoms with E-state index in [9.17, 15) is 4.79 Å². The Morgan fingerprint density at radius 1 is 1.35 bits per heavy atom. The number of nitrogens with one attached hydrogen (secondary N) is 1. The molecular weight excluding hydrogens is 250 g/mol. The smallest absolute Gasteiger partial charge is 0.224 e. The Morgan fingerprint density at radius 2 is 2.00 bits per heavy atom. The summed E-state index contributed by atoms with van der Waals surface area (Å²) in [5.41, 5.74) is 7.27. The molecule has 0 aliphatic carbocycles. The summed E-state index contributed by atoms with van der Waals surface area (Å²) in [6, 6.07) is 7.32. The summed E-state index contributed by atoms with van der Waals surface area (Å²) in [5.74, 6) is 0.0191. The van der Waals surface area contributed by atoms with Gasteiger partial charge in [0.2, 0.25) is 5.91 Å². The lowest BCUT2D eigenvalue weighted by Gasteiger charge is -2.34. The van der Waals surface area contributed by atoms with E-state index in [4.69, 9.17) is 5.73 Å². The second kappa shape index (κ2) is 7.29. The highest BCUT2D eigenvalue weighted by Gasteiger charge is 2.20. The van der Waals surface area contributed by atoms with Crippen LogP contribution in [-0.4, -0.2) is 29.9 Å². The molecule has 0 radical (unpaired) electrons. The van der Waals surface area contributed by atoms with E-state index in [-0.39, 0.29) is 11.4 Å². The largest absolute Gasteiger partial charge is 0.397 e. The third-order valence-electron chi connectivity index (χ3n) is 4.03. The van der Waals surface area contributed by atoms with Gasteiger partial charge in [0.25, 0.3) is 0 Å². The van der Waals surface area contributed by atoms with Crippen LogP contribution in [-0.2, 0) is 4.79 Å². The Kier molecular flexibility index (Phi) is 6.02. The van der Waals surface area contributed by atoms with E-state index in [1.54, 1.807) is 6.07 Å². The molecule has 1 rings (SSSR count). The van der Waals surface area contributed by atoms with E-state index in [2.05, 4.69) is 38.0 Å². The van der Waals surface area contributed by atoms with Crippen LogP contribution in [0.4, 0.5) is 11.4 Å². The maximum absolute atomic E-state index is 11.9. The second-order valence-corrected chi connectivity index (χ2v) is 5.83. The van der Waals surface area contributed by atoms with Crippen molar-refractivity contribution < 1.29 is 4.79 Å². The average Bonchev–Trinajstić information content (AvgIpc) is 2.41. The highest BCUT2D eigenvalue weighted by molar-refractivity contribution is 5.93. The number of nitrogen functional groups attached to an aromatic ring is 1. The molecule has 0 heterocycles. The van der Waals surface area contributed by atoms with Crippen molar-refractivity contribution in [1.29, 1.82) is 0 Å². The molecule has 0 spiro atoms. The average molecular weight is 277 g/mol. The Morgan fingerprint density at radius 3 is 2.60 bits per heavy atom. The van der Waals surface area contributed by atoms with Crippen LogP contribution in [0.1, 0.15) is 40.0 Å². The number of amides is 1. The van der Waals surface area contributed by atoms with Gasteiger partial charge in [-0.05, 0) is 52.4 Å². The molecule has 0 atom stereocenters. The van der Waals surface area contributed by atoms with Gasteiger partial charge in [-0.1, -0.05) is 19.1 Å². The minimum Gasteiger partial charge on any atom is -0.397 e. The lowest BCUT2D eigenvalue weighted by molar-refractivity contribution is -0.116. The fourth-order valence-corrected chi connectivity index (χ4v) is 1.87. The van der Waals surface area contributed by atoms with Crippen LogP contribution in [0.3, 0.4) is 0 Å². The first-order valence-electron chi connectivity index (χ1n) is 7.22. The Hall–Kier alpha value is -1.55. The number of carbonyl (C=O) groups is 1. The van der Waals surface area contributed by atoms with Gasteiger partial charge < -0.3 is 16.0 Å². The summed E-state index contributed by atoms with van der Waals surface area (Å²) in [4.78, 5) is 14.2. The zero-order chi connectivity index (χ0) is 15.2. The van der Waals surface area contributed by atoms with Gasteiger partial charge in [0, 0.05) is 12.0 Å². The van der Waals surface area contributed by atoms with Crippen LogP contribution < -0.4 is 11.1 Å². The Balaban J connectivity index is 2.36. The molecule has 0 bridgehead atoms. The number of para-hydroxylation sites is 2. The first kappa shape index (κ1) is 16.5. The molecule has 3 N–H and O–H groups in total. The van der Waals surface area contributed by atoms with E-state index < -0.39 is 0 Å².